The van der Waals surface area contributed by atoms with E-state index in [1.54, 1.807) is 11.0 Å². The second-order valence-electron chi connectivity index (χ2n) is 6.14. The number of hydrogen-bond donors (Lipinski definition) is 2. The van der Waals surface area contributed by atoms with Crippen LogP contribution in [0.1, 0.15) is 30.9 Å². The quantitative estimate of drug-likeness (QED) is 0.779. The van der Waals surface area contributed by atoms with Gasteiger partial charge in [-0.05, 0) is 30.4 Å². The molecule has 1 atom stereocenters. The lowest BCUT2D eigenvalue weighted by atomic mass is 10.1. The van der Waals surface area contributed by atoms with Gasteiger partial charge in [0.1, 0.15) is 6.04 Å². The lowest BCUT2D eigenvalue weighted by Crippen LogP contribution is -2.49. The normalized spacial score (nSPS) is 16.4. The summed E-state index contributed by atoms with van der Waals surface area (Å²) in [6, 6.07) is 7.57. The smallest absolute Gasteiger partial charge is 0.242 e. The first-order chi connectivity index (χ1) is 12.0. The second kappa shape index (κ2) is 9.01. The van der Waals surface area contributed by atoms with Gasteiger partial charge in [-0.3, -0.25) is 14.4 Å². The average Bonchev–Trinajstić information content (AvgIpc) is 3.10. The van der Waals surface area contributed by atoms with Gasteiger partial charge in [0.2, 0.25) is 17.7 Å². The summed E-state index contributed by atoms with van der Waals surface area (Å²) in [4.78, 5) is 37.0. The summed E-state index contributed by atoms with van der Waals surface area (Å²) in [5.74, 6) is -0.597. The fourth-order valence-corrected chi connectivity index (χ4v) is 2.91. The Kier molecular flexibility index (Phi) is 6.74. The maximum absolute atomic E-state index is 12.4. The highest BCUT2D eigenvalue weighted by Crippen LogP contribution is 2.17. The number of likely N-dealkylation sites (tertiary alicyclic amines) is 1. The van der Waals surface area contributed by atoms with Crippen molar-refractivity contribution in [3.63, 3.8) is 0 Å². The number of carbonyl (C=O) groups excluding carboxylic acids is 3. The number of carbonyl (C=O) groups is 3. The molecule has 1 aliphatic heterocycles. The van der Waals surface area contributed by atoms with Crippen molar-refractivity contribution >= 4 is 23.8 Å². The molecule has 1 aliphatic rings. The molecule has 1 aromatic carbocycles. The van der Waals surface area contributed by atoms with Gasteiger partial charge in [-0.15, -0.1) is 0 Å². The molecule has 2 rings (SSSR count). The molecule has 25 heavy (non-hydrogen) atoms. The van der Waals surface area contributed by atoms with Crippen LogP contribution in [0, 0.1) is 0 Å². The molecule has 0 aromatic heterocycles. The number of hydrogen-bond acceptors (Lipinski definition) is 3. The predicted octanol–water partition coefficient (Wildman–Crippen LogP) is 1.12. The molecule has 0 spiro atoms. The van der Waals surface area contributed by atoms with Gasteiger partial charge in [0, 0.05) is 20.0 Å². The van der Waals surface area contributed by atoms with Gasteiger partial charge in [0.25, 0.3) is 0 Å². The van der Waals surface area contributed by atoms with Gasteiger partial charge in [-0.2, -0.15) is 0 Å². The summed E-state index contributed by atoms with van der Waals surface area (Å²) in [6.45, 7) is 6.10. The van der Waals surface area contributed by atoms with Gasteiger partial charge in [-0.25, -0.2) is 0 Å². The third kappa shape index (κ3) is 5.45. The van der Waals surface area contributed by atoms with E-state index in [0.29, 0.717) is 19.5 Å². The Labute approximate surface area is 148 Å². The zero-order valence-electron chi connectivity index (χ0n) is 14.6. The lowest BCUT2D eigenvalue weighted by Gasteiger charge is -2.24. The van der Waals surface area contributed by atoms with Crippen LogP contribution in [0.15, 0.2) is 30.8 Å². The van der Waals surface area contributed by atoms with Crippen molar-refractivity contribution in [1.82, 2.24) is 15.5 Å². The van der Waals surface area contributed by atoms with Crippen molar-refractivity contribution in [2.45, 2.75) is 32.2 Å². The summed E-state index contributed by atoms with van der Waals surface area (Å²) >= 11 is 0. The largest absolute Gasteiger partial charge is 0.354 e. The zero-order chi connectivity index (χ0) is 18.2. The third-order valence-electron chi connectivity index (χ3n) is 4.29. The molecule has 134 valence electrons. The predicted molar refractivity (Wildman–Crippen MR) is 96.7 cm³/mol. The summed E-state index contributed by atoms with van der Waals surface area (Å²) in [7, 11) is 0. The Balaban J connectivity index is 1.81. The summed E-state index contributed by atoms with van der Waals surface area (Å²) in [5.41, 5.74) is 2.20. The van der Waals surface area contributed by atoms with E-state index in [0.717, 1.165) is 24.0 Å². The van der Waals surface area contributed by atoms with Gasteiger partial charge in [-0.1, -0.05) is 36.9 Å². The number of nitrogens with one attached hydrogen (secondary N) is 2. The monoisotopic (exact) mass is 343 g/mol. The fraction of sp³-hybridized carbons (Fsp3) is 0.421. The van der Waals surface area contributed by atoms with Gasteiger partial charge in [0.15, 0.2) is 0 Å². The van der Waals surface area contributed by atoms with Gasteiger partial charge in [0.05, 0.1) is 6.54 Å². The summed E-state index contributed by atoms with van der Waals surface area (Å²) in [6.07, 6.45) is 3.98. The van der Waals surface area contributed by atoms with Crippen molar-refractivity contribution in [3.8, 4) is 0 Å². The average molecular weight is 343 g/mol. The van der Waals surface area contributed by atoms with Crippen LogP contribution in [0.2, 0.25) is 0 Å². The topological polar surface area (TPSA) is 78.5 Å². The van der Waals surface area contributed by atoms with E-state index in [2.05, 4.69) is 17.2 Å². The summed E-state index contributed by atoms with van der Waals surface area (Å²) < 4.78 is 0. The van der Waals surface area contributed by atoms with E-state index in [1.807, 2.05) is 24.3 Å². The molecule has 0 saturated carbocycles. The standard InChI is InChI=1S/C19H25N3O3/c1-3-15-6-8-16(9-7-15)10-11-20-19(25)17-5-4-12-22(17)18(24)13-21-14(2)23/h3,6-9,17H,1,4-5,10-13H2,2H3,(H,20,25)(H,21,23). The first-order valence-electron chi connectivity index (χ1n) is 8.54. The first kappa shape index (κ1) is 18.7. The Morgan fingerprint density at radius 2 is 1.96 bits per heavy atom. The molecular weight excluding hydrogens is 318 g/mol. The minimum Gasteiger partial charge on any atom is -0.354 e. The molecule has 1 heterocycles. The van der Waals surface area contributed by atoms with E-state index in [-0.39, 0.29) is 24.3 Å². The van der Waals surface area contributed by atoms with E-state index in [9.17, 15) is 14.4 Å². The molecule has 0 bridgehead atoms. The van der Waals surface area contributed by atoms with Crippen LogP contribution in [0.3, 0.4) is 0 Å². The van der Waals surface area contributed by atoms with E-state index in [4.69, 9.17) is 0 Å². The molecule has 1 unspecified atom stereocenters. The maximum Gasteiger partial charge on any atom is 0.242 e. The van der Waals surface area contributed by atoms with E-state index >= 15 is 0 Å². The number of benzene rings is 1. The molecule has 0 radical (unpaired) electrons. The lowest BCUT2D eigenvalue weighted by molar-refractivity contribution is -0.138. The van der Waals surface area contributed by atoms with Crippen LogP contribution in [0.4, 0.5) is 0 Å². The van der Waals surface area contributed by atoms with Crippen LogP contribution in [-0.4, -0.2) is 48.3 Å². The molecule has 3 amide bonds. The van der Waals surface area contributed by atoms with Gasteiger partial charge >= 0.3 is 0 Å². The molecule has 6 nitrogen and oxygen atoms in total. The minimum absolute atomic E-state index is 0.0607. The van der Waals surface area contributed by atoms with Crippen LogP contribution >= 0.6 is 0 Å². The highest BCUT2D eigenvalue weighted by atomic mass is 16.2. The molecule has 1 aromatic rings. The maximum atomic E-state index is 12.4. The fourth-order valence-electron chi connectivity index (χ4n) is 2.91. The molecule has 1 fully saturated rings. The SMILES string of the molecule is C=Cc1ccc(CCNC(=O)C2CCCN2C(=O)CNC(C)=O)cc1. The second-order valence-corrected chi connectivity index (χ2v) is 6.14. The van der Waals surface area contributed by atoms with Crippen molar-refractivity contribution in [1.29, 1.82) is 0 Å². The highest BCUT2D eigenvalue weighted by Gasteiger charge is 2.33. The van der Waals surface area contributed by atoms with Crippen LogP contribution in [0.5, 0.6) is 0 Å². The number of rotatable bonds is 7. The van der Waals surface area contributed by atoms with Crippen LogP contribution in [-0.2, 0) is 20.8 Å². The van der Waals surface area contributed by atoms with Crippen LogP contribution < -0.4 is 10.6 Å². The van der Waals surface area contributed by atoms with Crippen molar-refractivity contribution in [3.05, 3.63) is 42.0 Å². The Morgan fingerprint density at radius 3 is 2.60 bits per heavy atom. The molecule has 6 heteroatoms. The Bertz CT molecular complexity index is 640. The Hall–Kier alpha value is -2.63. The minimum atomic E-state index is -0.440. The van der Waals surface area contributed by atoms with Crippen molar-refractivity contribution in [2.24, 2.45) is 0 Å². The number of amides is 3. The van der Waals surface area contributed by atoms with Crippen molar-refractivity contribution in [2.75, 3.05) is 19.6 Å². The molecule has 0 aliphatic carbocycles. The highest BCUT2D eigenvalue weighted by molar-refractivity contribution is 5.90. The Morgan fingerprint density at radius 1 is 1.24 bits per heavy atom. The van der Waals surface area contributed by atoms with E-state index in [1.165, 1.54) is 6.92 Å². The first-order valence-corrected chi connectivity index (χ1v) is 8.54. The van der Waals surface area contributed by atoms with Crippen molar-refractivity contribution < 1.29 is 14.4 Å². The number of nitrogens with zero attached hydrogens (tertiary/aromatic N) is 1. The van der Waals surface area contributed by atoms with E-state index < -0.39 is 6.04 Å². The molecule has 1 saturated heterocycles. The zero-order valence-corrected chi connectivity index (χ0v) is 14.6. The summed E-state index contributed by atoms with van der Waals surface area (Å²) in [5, 5.41) is 5.40. The molecule has 2 N–H and O–H groups in total. The van der Waals surface area contributed by atoms with Gasteiger partial charge < -0.3 is 15.5 Å². The third-order valence-corrected chi connectivity index (χ3v) is 4.29. The van der Waals surface area contributed by atoms with Crippen LogP contribution in [0.25, 0.3) is 6.08 Å². The molecular formula is C19H25N3O3.